The van der Waals surface area contributed by atoms with Gasteiger partial charge in [0.25, 0.3) is 11.6 Å². The van der Waals surface area contributed by atoms with Crippen LogP contribution in [0.4, 0.5) is 5.69 Å². The van der Waals surface area contributed by atoms with Crippen molar-refractivity contribution in [2.24, 2.45) is 0 Å². The van der Waals surface area contributed by atoms with Gasteiger partial charge in [0.1, 0.15) is 0 Å². The summed E-state index contributed by atoms with van der Waals surface area (Å²) in [4.78, 5) is 32.8. The van der Waals surface area contributed by atoms with E-state index in [4.69, 9.17) is 5.11 Å². The molecule has 2 aromatic rings. The molecule has 0 saturated heterocycles. The van der Waals surface area contributed by atoms with Crippen molar-refractivity contribution >= 4 is 17.6 Å². The molecule has 1 amide bonds. The molecule has 0 heterocycles. The van der Waals surface area contributed by atoms with Crippen LogP contribution in [-0.4, -0.2) is 21.9 Å². The van der Waals surface area contributed by atoms with E-state index in [1.54, 1.807) is 12.1 Å². The molecular formula is C15H12N2O5. The molecule has 2 aromatic carbocycles. The molecule has 0 fully saturated rings. The van der Waals surface area contributed by atoms with Gasteiger partial charge < -0.3 is 10.4 Å². The lowest BCUT2D eigenvalue weighted by Gasteiger charge is -2.06. The van der Waals surface area contributed by atoms with Crippen LogP contribution in [0.25, 0.3) is 0 Å². The monoisotopic (exact) mass is 300 g/mol. The maximum atomic E-state index is 11.9. The number of carbonyl (C=O) groups excluding carboxylic acids is 1. The Hall–Kier alpha value is -3.22. The quantitative estimate of drug-likeness (QED) is 0.650. The van der Waals surface area contributed by atoms with Crippen molar-refractivity contribution < 1.29 is 19.6 Å². The van der Waals surface area contributed by atoms with Crippen molar-refractivity contribution in [3.05, 3.63) is 75.3 Å². The summed E-state index contributed by atoms with van der Waals surface area (Å²) in [5.41, 5.74) is 0.989. The lowest BCUT2D eigenvalue weighted by molar-refractivity contribution is -0.384. The largest absolute Gasteiger partial charge is 0.478 e. The minimum Gasteiger partial charge on any atom is -0.478 e. The Bertz CT molecular complexity index is 725. The van der Waals surface area contributed by atoms with E-state index in [-0.39, 0.29) is 17.8 Å². The van der Waals surface area contributed by atoms with Gasteiger partial charge in [-0.2, -0.15) is 0 Å². The van der Waals surface area contributed by atoms with E-state index in [2.05, 4.69) is 5.32 Å². The Morgan fingerprint density at radius 2 is 1.77 bits per heavy atom. The summed E-state index contributed by atoms with van der Waals surface area (Å²) in [6, 6.07) is 11.4. The summed E-state index contributed by atoms with van der Waals surface area (Å²) >= 11 is 0. The van der Waals surface area contributed by atoms with E-state index < -0.39 is 16.8 Å². The van der Waals surface area contributed by atoms with E-state index in [1.807, 2.05) is 0 Å². The summed E-state index contributed by atoms with van der Waals surface area (Å²) in [7, 11) is 0. The lowest BCUT2D eigenvalue weighted by Crippen LogP contribution is -2.22. The molecule has 7 nitrogen and oxygen atoms in total. The number of aromatic carboxylic acids is 1. The molecule has 0 aliphatic rings. The van der Waals surface area contributed by atoms with Crippen LogP contribution in [0, 0.1) is 10.1 Å². The van der Waals surface area contributed by atoms with Crippen molar-refractivity contribution in [1.29, 1.82) is 0 Å². The minimum atomic E-state index is -1.04. The molecule has 0 radical (unpaired) electrons. The predicted octanol–water partition coefficient (Wildman–Crippen LogP) is 2.22. The number of amides is 1. The van der Waals surface area contributed by atoms with Crippen LogP contribution in [0.5, 0.6) is 0 Å². The maximum Gasteiger partial charge on any atom is 0.335 e. The van der Waals surface area contributed by atoms with E-state index in [9.17, 15) is 19.7 Å². The van der Waals surface area contributed by atoms with Crippen LogP contribution < -0.4 is 5.32 Å². The van der Waals surface area contributed by atoms with Crippen LogP contribution in [0.2, 0.25) is 0 Å². The van der Waals surface area contributed by atoms with Crippen molar-refractivity contribution in [2.75, 3.05) is 0 Å². The topological polar surface area (TPSA) is 110 Å². The van der Waals surface area contributed by atoms with Crippen LogP contribution >= 0.6 is 0 Å². The Labute approximate surface area is 125 Å². The Morgan fingerprint density at radius 3 is 2.36 bits per heavy atom. The zero-order valence-electron chi connectivity index (χ0n) is 11.4. The van der Waals surface area contributed by atoms with Crippen LogP contribution in [0.1, 0.15) is 26.3 Å². The number of carboxylic acids is 1. The second-order valence-electron chi connectivity index (χ2n) is 4.49. The zero-order chi connectivity index (χ0) is 16.1. The first-order chi connectivity index (χ1) is 10.5. The Kier molecular flexibility index (Phi) is 4.47. The normalized spacial score (nSPS) is 10.0. The highest BCUT2D eigenvalue weighted by atomic mass is 16.6. The van der Waals surface area contributed by atoms with Crippen molar-refractivity contribution in [3.63, 3.8) is 0 Å². The van der Waals surface area contributed by atoms with Crippen molar-refractivity contribution in [2.45, 2.75) is 6.54 Å². The van der Waals surface area contributed by atoms with Gasteiger partial charge in [-0.15, -0.1) is 0 Å². The molecular weight excluding hydrogens is 288 g/mol. The molecule has 0 unspecified atom stereocenters. The smallest absolute Gasteiger partial charge is 0.335 e. The number of carboxylic acid groups (broad SMARTS) is 1. The number of nitrogens with zero attached hydrogens (tertiary/aromatic N) is 1. The minimum absolute atomic E-state index is 0.0919. The van der Waals surface area contributed by atoms with Gasteiger partial charge in [-0.3, -0.25) is 14.9 Å². The third-order valence-corrected chi connectivity index (χ3v) is 2.97. The van der Waals surface area contributed by atoms with Gasteiger partial charge in [0.05, 0.1) is 10.5 Å². The molecule has 0 bridgehead atoms. The fraction of sp³-hybridized carbons (Fsp3) is 0.0667. The highest BCUT2D eigenvalue weighted by molar-refractivity contribution is 5.94. The molecule has 22 heavy (non-hydrogen) atoms. The van der Waals surface area contributed by atoms with Gasteiger partial charge in [0.2, 0.25) is 0 Å². The van der Waals surface area contributed by atoms with E-state index in [0.717, 1.165) is 0 Å². The van der Waals surface area contributed by atoms with Gasteiger partial charge in [-0.25, -0.2) is 4.79 Å². The second kappa shape index (κ2) is 6.49. The SMILES string of the molecule is O=C(O)c1cccc(CNC(=O)c2ccc([N+](=O)[O-])cc2)c1. The average molecular weight is 300 g/mol. The number of benzene rings is 2. The molecule has 0 aromatic heterocycles. The third-order valence-electron chi connectivity index (χ3n) is 2.97. The lowest BCUT2D eigenvalue weighted by atomic mass is 10.1. The first kappa shape index (κ1) is 15.2. The number of nitro benzene ring substituents is 1. The second-order valence-corrected chi connectivity index (χ2v) is 4.49. The third kappa shape index (κ3) is 3.66. The molecule has 0 saturated carbocycles. The fourth-order valence-electron chi connectivity index (χ4n) is 1.83. The molecule has 0 aliphatic carbocycles. The average Bonchev–Trinajstić information content (AvgIpc) is 2.53. The number of rotatable bonds is 5. The molecule has 2 N–H and O–H groups in total. The first-order valence-corrected chi connectivity index (χ1v) is 6.32. The molecule has 0 spiro atoms. The van der Waals surface area contributed by atoms with Gasteiger partial charge in [-0.05, 0) is 29.8 Å². The number of carbonyl (C=O) groups is 2. The molecule has 0 atom stereocenters. The summed E-state index contributed by atoms with van der Waals surface area (Å²) in [5.74, 6) is -1.43. The summed E-state index contributed by atoms with van der Waals surface area (Å²) in [6.45, 7) is 0.164. The van der Waals surface area contributed by atoms with E-state index in [0.29, 0.717) is 11.1 Å². The van der Waals surface area contributed by atoms with Gasteiger partial charge in [0, 0.05) is 24.2 Å². The van der Waals surface area contributed by atoms with Crippen LogP contribution in [-0.2, 0) is 6.54 Å². The van der Waals surface area contributed by atoms with Crippen molar-refractivity contribution in [3.8, 4) is 0 Å². The van der Waals surface area contributed by atoms with Gasteiger partial charge in [0.15, 0.2) is 0 Å². The predicted molar refractivity (Wildman–Crippen MR) is 77.7 cm³/mol. The molecule has 112 valence electrons. The molecule has 2 rings (SSSR count). The highest BCUT2D eigenvalue weighted by Crippen LogP contribution is 2.12. The molecule has 7 heteroatoms. The summed E-state index contributed by atoms with van der Waals surface area (Å²) in [6.07, 6.45) is 0. The number of non-ortho nitro benzene ring substituents is 1. The fourth-order valence-corrected chi connectivity index (χ4v) is 1.83. The number of hydrogen-bond acceptors (Lipinski definition) is 4. The standard InChI is InChI=1S/C15H12N2O5/c18-14(11-4-6-13(7-5-11)17(21)22)16-9-10-2-1-3-12(8-10)15(19)20/h1-8H,9H2,(H,16,18)(H,19,20). The maximum absolute atomic E-state index is 11.9. The van der Waals surface area contributed by atoms with E-state index >= 15 is 0 Å². The number of nitro groups is 1. The van der Waals surface area contributed by atoms with Crippen LogP contribution in [0.15, 0.2) is 48.5 Å². The first-order valence-electron chi connectivity index (χ1n) is 6.32. The van der Waals surface area contributed by atoms with Crippen molar-refractivity contribution in [1.82, 2.24) is 5.32 Å². The zero-order valence-corrected chi connectivity index (χ0v) is 11.4. The van der Waals surface area contributed by atoms with Crippen LogP contribution in [0.3, 0.4) is 0 Å². The highest BCUT2D eigenvalue weighted by Gasteiger charge is 2.09. The number of nitrogens with one attached hydrogen (secondary N) is 1. The number of hydrogen-bond donors (Lipinski definition) is 2. The summed E-state index contributed by atoms with van der Waals surface area (Å²) in [5, 5.41) is 22.1. The molecule has 0 aliphatic heterocycles. The Balaban J connectivity index is 2.02. The van der Waals surface area contributed by atoms with Gasteiger partial charge in [-0.1, -0.05) is 12.1 Å². The summed E-state index contributed by atoms with van der Waals surface area (Å²) < 4.78 is 0. The van der Waals surface area contributed by atoms with Gasteiger partial charge >= 0.3 is 5.97 Å². The van der Waals surface area contributed by atoms with E-state index in [1.165, 1.54) is 36.4 Å². The Morgan fingerprint density at radius 1 is 1.09 bits per heavy atom.